The zero-order valence-electron chi connectivity index (χ0n) is 17.9. The number of methoxy groups -OCH3 is 1. The summed E-state index contributed by atoms with van der Waals surface area (Å²) in [5.74, 6) is 0.515. The van der Waals surface area contributed by atoms with Gasteiger partial charge in [0.15, 0.2) is 5.65 Å². The smallest absolute Gasteiger partial charge is 0.416 e. The van der Waals surface area contributed by atoms with Crippen LogP contribution in [0.25, 0.3) is 16.9 Å². The highest BCUT2D eigenvalue weighted by Crippen LogP contribution is 2.37. The second kappa shape index (κ2) is 8.40. The molecule has 0 saturated heterocycles. The van der Waals surface area contributed by atoms with Gasteiger partial charge in [-0.2, -0.15) is 18.2 Å². The quantitative estimate of drug-likeness (QED) is 0.462. The van der Waals surface area contributed by atoms with Gasteiger partial charge in [-0.1, -0.05) is 12.1 Å². The highest BCUT2D eigenvalue weighted by molar-refractivity contribution is 5.71. The molecule has 0 radical (unpaired) electrons. The van der Waals surface area contributed by atoms with Gasteiger partial charge in [-0.15, -0.1) is 5.10 Å². The topological polar surface area (TPSA) is 63.5 Å². The van der Waals surface area contributed by atoms with Gasteiger partial charge in [0.25, 0.3) is 0 Å². The summed E-state index contributed by atoms with van der Waals surface area (Å²) in [5.41, 5.74) is 4.39. The van der Waals surface area contributed by atoms with Crippen molar-refractivity contribution in [3.05, 3.63) is 71.3 Å². The molecule has 0 aliphatic carbocycles. The molecule has 2 aromatic carbocycles. The maximum absolute atomic E-state index is 13.1. The predicted octanol–water partition coefficient (Wildman–Crippen LogP) is 4.86. The molecule has 0 saturated carbocycles. The van der Waals surface area contributed by atoms with Crippen molar-refractivity contribution in [1.82, 2.24) is 19.9 Å². The molecule has 0 amide bonds. The van der Waals surface area contributed by atoms with Crippen LogP contribution in [0.4, 0.5) is 24.8 Å². The first-order valence-electron chi connectivity index (χ1n) is 10.6. The number of hydrogen-bond donors (Lipinski definition) is 2. The van der Waals surface area contributed by atoms with Crippen molar-refractivity contribution in [2.45, 2.75) is 19.0 Å². The number of alkyl halides is 3. The summed E-state index contributed by atoms with van der Waals surface area (Å²) in [6.07, 6.45) is -2.49. The average Bonchev–Trinajstić information content (AvgIpc) is 3.06. The molecular weight excluding hydrogens is 431 g/mol. The van der Waals surface area contributed by atoms with Crippen LogP contribution in [0, 0.1) is 0 Å². The molecular formula is C24H22F3N5O. The van der Waals surface area contributed by atoms with Crippen LogP contribution in [-0.2, 0) is 19.0 Å². The molecule has 0 spiro atoms. The van der Waals surface area contributed by atoms with Gasteiger partial charge in [-0.3, -0.25) is 0 Å². The molecule has 0 bridgehead atoms. The fourth-order valence-electron chi connectivity index (χ4n) is 4.12. The summed E-state index contributed by atoms with van der Waals surface area (Å²) in [4.78, 5) is 4.54. The summed E-state index contributed by atoms with van der Waals surface area (Å²) in [5, 5.41) is 11.2. The average molecular weight is 453 g/mol. The van der Waals surface area contributed by atoms with Crippen LogP contribution in [0.2, 0.25) is 0 Å². The Bertz CT molecular complexity index is 1320. The molecule has 3 heterocycles. The number of nitrogens with one attached hydrogen (secondary N) is 2. The third-order valence-electron chi connectivity index (χ3n) is 5.77. The molecule has 170 valence electrons. The molecule has 5 rings (SSSR count). The molecule has 6 nitrogen and oxygen atoms in total. The van der Waals surface area contributed by atoms with Gasteiger partial charge in [0.05, 0.1) is 18.4 Å². The van der Waals surface area contributed by atoms with Gasteiger partial charge in [0, 0.05) is 11.3 Å². The van der Waals surface area contributed by atoms with Crippen molar-refractivity contribution >= 4 is 17.3 Å². The van der Waals surface area contributed by atoms with Crippen LogP contribution in [0.1, 0.15) is 16.7 Å². The van der Waals surface area contributed by atoms with E-state index >= 15 is 0 Å². The van der Waals surface area contributed by atoms with E-state index in [2.05, 4.69) is 32.8 Å². The first-order chi connectivity index (χ1) is 15.9. The van der Waals surface area contributed by atoms with Crippen molar-refractivity contribution in [3.8, 4) is 17.0 Å². The monoisotopic (exact) mass is 453 g/mol. The molecule has 1 aliphatic heterocycles. The van der Waals surface area contributed by atoms with Gasteiger partial charge in [0.1, 0.15) is 5.75 Å². The molecule has 2 N–H and O–H groups in total. The second-order valence-electron chi connectivity index (χ2n) is 7.89. The van der Waals surface area contributed by atoms with Gasteiger partial charge in [0.2, 0.25) is 5.95 Å². The lowest BCUT2D eigenvalue weighted by atomic mass is 10.0. The van der Waals surface area contributed by atoms with Crippen LogP contribution < -0.4 is 15.4 Å². The minimum Gasteiger partial charge on any atom is -0.496 e. The second-order valence-corrected chi connectivity index (χ2v) is 7.89. The predicted molar refractivity (Wildman–Crippen MR) is 120 cm³/mol. The molecule has 0 atom stereocenters. The fraction of sp³-hybridized carbons (Fsp3) is 0.250. The maximum atomic E-state index is 13.1. The summed E-state index contributed by atoms with van der Waals surface area (Å²) < 4.78 is 46.3. The van der Waals surface area contributed by atoms with Crippen LogP contribution in [0.5, 0.6) is 5.75 Å². The van der Waals surface area contributed by atoms with E-state index in [0.717, 1.165) is 43.8 Å². The van der Waals surface area contributed by atoms with Crippen LogP contribution >= 0.6 is 0 Å². The number of aromatic nitrogens is 3. The summed E-state index contributed by atoms with van der Waals surface area (Å²) in [6.45, 7) is 1.92. The molecule has 2 aromatic heterocycles. The van der Waals surface area contributed by atoms with Crippen LogP contribution in [0.3, 0.4) is 0 Å². The number of hydrogen-bond acceptors (Lipinski definition) is 5. The summed E-state index contributed by atoms with van der Waals surface area (Å²) in [7, 11) is 1.35. The van der Waals surface area contributed by atoms with E-state index in [0.29, 0.717) is 22.9 Å². The molecule has 33 heavy (non-hydrogen) atoms. The van der Waals surface area contributed by atoms with Gasteiger partial charge in [-0.25, -0.2) is 4.52 Å². The van der Waals surface area contributed by atoms with Crippen molar-refractivity contribution in [2.75, 3.05) is 25.5 Å². The highest BCUT2D eigenvalue weighted by atomic mass is 19.4. The summed E-state index contributed by atoms with van der Waals surface area (Å²) in [6, 6.07) is 15.0. The third-order valence-corrected chi connectivity index (χ3v) is 5.77. The SMILES string of the molecule is COc1cc(C(F)(F)F)ccc1-c1cccc2nc(Nc3ccc4c(c3)CCNCC4)nn12. The Hall–Kier alpha value is -3.59. The maximum Gasteiger partial charge on any atom is 0.416 e. The number of halogens is 3. The Morgan fingerprint density at radius 2 is 1.82 bits per heavy atom. The van der Waals surface area contributed by atoms with Crippen LogP contribution in [-0.4, -0.2) is 34.8 Å². The van der Waals surface area contributed by atoms with Gasteiger partial charge < -0.3 is 15.4 Å². The Morgan fingerprint density at radius 3 is 2.61 bits per heavy atom. The van der Waals surface area contributed by atoms with Gasteiger partial charge >= 0.3 is 6.18 Å². The van der Waals surface area contributed by atoms with Crippen molar-refractivity contribution < 1.29 is 17.9 Å². The Morgan fingerprint density at radius 1 is 1.00 bits per heavy atom. The number of pyridine rings is 1. The fourth-order valence-corrected chi connectivity index (χ4v) is 4.12. The van der Waals surface area contributed by atoms with E-state index in [1.807, 2.05) is 6.07 Å². The lowest BCUT2D eigenvalue weighted by Gasteiger charge is -2.13. The van der Waals surface area contributed by atoms with E-state index in [9.17, 15) is 13.2 Å². The lowest BCUT2D eigenvalue weighted by Crippen LogP contribution is -2.16. The normalized spacial score (nSPS) is 14.1. The first kappa shape index (κ1) is 21.3. The van der Waals surface area contributed by atoms with E-state index in [1.165, 1.54) is 24.3 Å². The lowest BCUT2D eigenvalue weighted by molar-refractivity contribution is -0.137. The standard InChI is InChI=1S/C24H22F3N5O/c1-33-21-14-17(24(25,26)27)6-8-19(21)20-3-2-4-22-30-23(31-32(20)22)29-18-7-5-15-9-11-28-12-10-16(15)13-18/h2-8,13-14,28H,9-12H2,1H3,(H,29,31). The van der Waals surface area contributed by atoms with E-state index < -0.39 is 11.7 Å². The molecule has 1 aliphatic rings. The van der Waals surface area contributed by atoms with E-state index in [-0.39, 0.29) is 5.75 Å². The zero-order valence-corrected chi connectivity index (χ0v) is 17.9. The molecule has 9 heteroatoms. The third kappa shape index (κ3) is 4.23. The minimum absolute atomic E-state index is 0.113. The Kier molecular flexibility index (Phi) is 5.41. The number of benzene rings is 2. The number of ether oxygens (including phenoxy) is 1. The minimum atomic E-state index is -4.45. The highest BCUT2D eigenvalue weighted by Gasteiger charge is 2.31. The van der Waals surface area contributed by atoms with E-state index in [1.54, 1.807) is 22.7 Å². The molecule has 0 fully saturated rings. The van der Waals surface area contributed by atoms with Crippen molar-refractivity contribution in [1.29, 1.82) is 0 Å². The number of anilines is 2. The number of fused-ring (bicyclic) bond motifs is 2. The largest absolute Gasteiger partial charge is 0.496 e. The van der Waals surface area contributed by atoms with Gasteiger partial charge in [-0.05, 0) is 79.5 Å². The van der Waals surface area contributed by atoms with Crippen molar-refractivity contribution in [3.63, 3.8) is 0 Å². The number of rotatable bonds is 4. The van der Waals surface area contributed by atoms with E-state index in [4.69, 9.17) is 4.74 Å². The Balaban J connectivity index is 1.50. The molecule has 4 aromatic rings. The zero-order chi connectivity index (χ0) is 23.0. The summed E-state index contributed by atoms with van der Waals surface area (Å²) >= 11 is 0. The molecule has 0 unspecified atom stereocenters. The van der Waals surface area contributed by atoms with Crippen LogP contribution in [0.15, 0.2) is 54.6 Å². The van der Waals surface area contributed by atoms with Crippen molar-refractivity contribution in [2.24, 2.45) is 0 Å². The Labute approximate surface area is 188 Å². The number of nitrogens with zero attached hydrogens (tertiary/aromatic N) is 3. The first-order valence-corrected chi connectivity index (χ1v) is 10.6.